The normalized spacial score (nSPS) is 38.6. The van der Waals surface area contributed by atoms with E-state index in [1.54, 1.807) is 0 Å². The lowest BCUT2D eigenvalue weighted by Gasteiger charge is -2.30. The Morgan fingerprint density at radius 1 is 0.593 bits per heavy atom. The molecule has 0 saturated heterocycles. The number of aliphatic hydroxyl groups excluding tert-OH is 3. The van der Waals surface area contributed by atoms with Crippen LogP contribution in [-0.4, -0.2) is 66.6 Å². The molecule has 0 aromatic heterocycles. The van der Waals surface area contributed by atoms with Gasteiger partial charge in [-0.3, -0.25) is 14.7 Å². The van der Waals surface area contributed by atoms with E-state index in [4.69, 9.17) is 0 Å². The van der Waals surface area contributed by atoms with Crippen molar-refractivity contribution in [3.8, 4) is 0 Å². The van der Waals surface area contributed by atoms with Crippen molar-refractivity contribution in [1.82, 2.24) is 0 Å². The molecule has 18 nitrogen and oxygen atoms in total. The van der Waals surface area contributed by atoms with Crippen LogP contribution in [0.1, 0.15) is 0 Å². The van der Waals surface area contributed by atoms with Crippen molar-refractivity contribution < 1.29 is 71.1 Å². The van der Waals surface area contributed by atoms with Gasteiger partial charge in [0.2, 0.25) is 0 Å². The number of hydrogen-bond donors (Lipinski definition) is 9. The maximum atomic E-state index is 11.6. The topological polar surface area (TPSA) is 312 Å². The maximum Gasteiger partial charge on any atom is 0.724 e. The van der Waals surface area contributed by atoms with Gasteiger partial charge in [0, 0.05) is 0 Å². The Hall–Kier alpha value is 0.0900. The Morgan fingerprint density at radius 2 is 0.852 bits per heavy atom. The van der Waals surface area contributed by atoms with Gasteiger partial charge in [0.05, 0.1) is 0 Å². The van der Waals surface area contributed by atoms with Crippen LogP contribution < -0.4 is 17.7 Å². The number of phosphoric acid groups is 3. The van der Waals surface area contributed by atoms with Crippen LogP contribution in [0.25, 0.3) is 0 Å². The van der Waals surface area contributed by atoms with Crippen LogP contribution in [0.5, 0.6) is 0 Å². The quantitative estimate of drug-likeness (QED) is 0.0895. The molecule has 3 radical (unpaired) electrons. The molecule has 0 amide bonds. The SMILES string of the molecule is NOP(=O)(O)[O+]C1[C@@H]([O+]P(=O)(O)ON)[C@H](O)C(O)[C@@H](O)[C@H]1[O+]P(=O)(O)ON. The molecular weight excluding hydrogens is 447 g/mol. The highest BCUT2D eigenvalue weighted by molar-refractivity contribution is 7.48. The highest BCUT2D eigenvalue weighted by Gasteiger charge is 2.74. The lowest BCUT2D eigenvalue weighted by atomic mass is 9.85. The van der Waals surface area contributed by atoms with Crippen molar-refractivity contribution in [3.63, 3.8) is 0 Å². The standard InChI is InChI=1S/C6H18N3O15P3/c7-22-25(13,14)19-4-2(11)1(10)3(12)5(20-26(15,16)23-8)6(4)21-27(17,18)24-9/h1-6,10-12H,7-9H2,(H,13,14)(H,15,16)(H,17,18)/q+3/t1?,2-,3-,4-,5+,6?/m1/s1. The molecular formula is C6H18N3O15P3+3. The molecule has 21 heteroatoms. The summed E-state index contributed by atoms with van der Waals surface area (Å²) in [5.41, 5.74) is 0. The molecule has 1 aliphatic rings. The van der Waals surface area contributed by atoms with Crippen LogP contribution in [0, 0.1) is 0 Å². The number of hydrogen-bond acceptors (Lipinski definition) is 15. The molecule has 9 atom stereocenters. The summed E-state index contributed by atoms with van der Waals surface area (Å²) in [6, 6.07) is 0. The Morgan fingerprint density at radius 3 is 1.11 bits per heavy atom. The summed E-state index contributed by atoms with van der Waals surface area (Å²) in [6.07, 6.45) is -13.9. The molecule has 0 bridgehead atoms. The van der Waals surface area contributed by atoms with Crippen LogP contribution in [0.2, 0.25) is 0 Å². The molecule has 159 valence electrons. The molecule has 0 aromatic rings. The molecule has 0 spiro atoms. The van der Waals surface area contributed by atoms with Crippen molar-refractivity contribution in [2.45, 2.75) is 36.6 Å². The van der Waals surface area contributed by atoms with Gasteiger partial charge < -0.3 is 15.3 Å². The molecule has 12 N–H and O–H groups in total. The van der Waals surface area contributed by atoms with E-state index in [0.29, 0.717) is 0 Å². The fraction of sp³-hybridized carbons (Fsp3) is 1.00. The van der Waals surface area contributed by atoms with Gasteiger partial charge in [-0.25, -0.2) is 17.7 Å². The summed E-state index contributed by atoms with van der Waals surface area (Å²) in [5, 5.41) is 29.7. The lowest BCUT2D eigenvalue weighted by Crippen LogP contribution is -2.65. The maximum absolute atomic E-state index is 11.6. The average molecular weight is 465 g/mol. The van der Waals surface area contributed by atoms with Crippen LogP contribution in [0.3, 0.4) is 0 Å². The summed E-state index contributed by atoms with van der Waals surface area (Å²) in [6.45, 7) is 0. The number of rotatable bonds is 9. The molecule has 1 fully saturated rings. The van der Waals surface area contributed by atoms with Gasteiger partial charge in [-0.15, -0.1) is 0 Å². The zero-order chi connectivity index (χ0) is 21.2. The summed E-state index contributed by atoms with van der Waals surface area (Å²) in [7, 11) is -15.5. The predicted octanol–water partition coefficient (Wildman–Crippen LogP) is -3.79. The van der Waals surface area contributed by atoms with Gasteiger partial charge in [0.1, 0.15) is 6.10 Å². The van der Waals surface area contributed by atoms with Gasteiger partial charge in [-0.1, -0.05) is 0 Å². The molecule has 1 aliphatic carbocycles. The van der Waals surface area contributed by atoms with Crippen molar-refractivity contribution >= 4 is 23.5 Å². The molecule has 1 rings (SSSR count). The Bertz CT molecular complexity index is 608. The van der Waals surface area contributed by atoms with Crippen LogP contribution >= 0.6 is 23.5 Å². The zero-order valence-corrected chi connectivity index (χ0v) is 15.6. The van der Waals surface area contributed by atoms with Crippen molar-refractivity contribution in [1.29, 1.82) is 0 Å². The van der Waals surface area contributed by atoms with E-state index in [1.165, 1.54) is 0 Å². The molecule has 0 aliphatic heterocycles. The molecule has 27 heavy (non-hydrogen) atoms. The third-order valence-electron chi connectivity index (χ3n) is 3.19. The number of nitrogens with two attached hydrogens (primary N) is 3. The minimum atomic E-state index is -5.21. The van der Waals surface area contributed by atoms with E-state index in [1.807, 2.05) is 0 Å². The largest absolute Gasteiger partial charge is 0.724 e. The first-order valence-electron chi connectivity index (χ1n) is 6.43. The summed E-state index contributed by atoms with van der Waals surface area (Å²) < 4.78 is 58.7. The number of aliphatic hydroxyl groups is 3. The minimum Gasteiger partial charge on any atom is -0.387 e. The lowest BCUT2D eigenvalue weighted by molar-refractivity contribution is -0.214. The van der Waals surface area contributed by atoms with E-state index < -0.39 is 60.1 Å². The van der Waals surface area contributed by atoms with Crippen molar-refractivity contribution in [2.75, 3.05) is 0 Å². The summed E-state index contributed by atoms with van der Waals surface area (Å²) in [5.74, 6) is 13.6. The second kappa shape index (κ2) is 9.27. The Kier molecular flexibility index (Phi) is 8.63. The van der Waals surface area contributed by atoms with Gasteiger partial charge in [-0.2, -0.15) is 27.6 Å². The van der Waals surface area contributed by atoms with E-state index in [9.17, 15) is 43.7 Å². The van der Waals surface area contributed by atoms with E-state index >= 15 is 0 Å². The second-order valence-electron chi connectivity index (χ2n) is 4.90. The highest BCUT2D eigenvalue weighted by Crippen LogP contribution is 2.53. The van der Waals surface area contributed by atoms with Crippen LogP contribution in [0.4, 0.5) is 0 Å². The van der Waals surface area contributed by atoms with Crippen LogP contribution in [0.15, 0.2) is 0 Å². The first-order chi connectivity index (χ1) is 12.2. The van der Waals surface area contributed by atoms with E-state index in [2.05, 4.69) is 45.1 Å². The summed E-state index contributed by atoms with van der Waals surface area (Å²) >= 11 is 0. The van der Waals surface area contributed by atoms with E-state index in [-0.39, 0.29) is 0 Å². The Balaban J connectivity index is 3.39. The van der Waals surface area contributed by atoms with Gasteiger partial charge >= 0.3 is 41.8 Å². The van der Waals surface area contributed by atoms with Crippen molar-refractivity contribution in [2.24, 2.45) is 17.7 Å². The zero-order valence-electron chi connectivity index (χ0n) is 12.9. The Labute approximate surface area is 150 Å². The van der Waals surface area contributed by atoms with Gasteiger partial charge in [-0.05, 0) is 13.6 Å². The summed E-state index contributed by atoms with van der Waals surface area (Å²) in [4.78, 5) is 27.9. The monoisotopic (exact) mass is 465 g/mol. The first-order valence-corrected chi connectivity index (χ1v) is 10.9. The second-order valence-corrected chi connectivity index (χ2v) is 8.98. The third kappa shape index (κ3) is 6.55. The first kappa shape index (κ1) is 25.1. The van der Waals surface area contributed by atoms with Gasteiger partial charge in [0.25, 0.3) is 0 Å². The average Bonchev–Trinajstić information content (AvgIpc) is 2.60. The van der Waals surface area contributed by atoms with E-state index in [0.717, 1.165) is 0 Å². The molecule has 0 aromatic carbocycles. The third-order valence-corrected chi connectivity index (χ3v) is 5.51. The fourth-order valence-corrected chi connectivity index (χ4v) is 3.87. The molecule has 1 saturated carbocycles. The van der Waals surface area contributed by atoms with Crippen molar-refractivity contribution in [3.05, 3.63) is 0 Å². The minimum absolute atomic E-state index is 2.27. The smallest absolute Gasteiger partial charge is 0.387 e. The van der Waals surface area contributed by atoms with Gasteiger partial charge in [0.15, 0.2) is 12.2 Å². The van der Waals surface area contributed by atoms with Crippen LogP contribution in [-0.2, 0) is 41.1 Å². The predicted molar refractivity (Wildman–Crippen MR) is 77.9 cm³/mol. The number of phosphoric ester groups is 3. The fourth-order valence-electron chi connectivity index (χ4n) is 2.07. The molecule has 0 heterocycles. The molecule has 5 unspecified atom stereocenters. The highest BCUT2D eigenvalue weighted by atomic mass is 31.2.